The van der Waals surface area contributed by atoms with E-state index in [9.17, 15) is 13.9 Å². The Balaban J connectivity index is 2.30. The zero-order chi connectivity index (χ0) is 14.9. The molecule has 2 aromatic heterocycles. The topological polar surface area (TPSA) is 59.2 Å². The average molecular weight is 288 g/mol. The highest BCUT2D eigenvalue weighted by Gasteiger charge is 2.38. The van der Waals surface area contributed by atoms with Gasteiger partial charge in [-0.15, -0.1) is 0 Å². The molecule has 0 radical (unpaired) electrons. The number of aromatic nitrogens is 2. The highest BCUT2D eigenvalue weighted by Crippen LogP contribution is 2.37. The van der Waals surface area contributed by atoms with Crippen molar-refractivity contribution in [2.45, 2.75) is 5.60 Å². The summed E-state index contributed by atoms with van der Waals surface area (Å²) in [5, 5.41) is 14.6. The van der Waals surface area contributed by atoms with Gasteiger partial charge >= 0.3 is 0 Å². The van der Waals surface area contributed by atoms with E-state index in [0.717, 1.165) is 6.07 Å². The molecule has 21 heavy (non-hydrogen) atoms. The van der Waals surface area contributed by atoms with Crippen molar-refractivity contribution in [2.75, 3.05) is 0 Å². The Hall–Kier alpha value is -2.60. The summed E-state index contributed by atoms with van der Waals surface area (Å²) in [4.78, 5) is 3.91. The van der Waals surface area contributed by atoms with Crippen LogP contribution in [0.5, 0.6) is 0 Å². The molecule has 3 rings (SSSR count). The van der Waals surface area contributed by atoms with Crippen LogP contribution in [0.3, 0.4) is 0 Å². The van der Waals surface area contributed by atoms with E-state index in [4.69, 9.17) is 4.52 Å². The summed E-state index contributed by atoms with van der Waals surface area (Å²) >= 11 is 0. The third kappa shape index (κ3) is 2.09. The predicted molar refractivity (Wildman–Crippen MR) is 69.2 cm³/mol. The molecule has 0 fully saturated rings. The summed E-state index contributed by atoms with van der Waals surface area (Å²) in [6.45, 7) is 0. The molecule has 106 valence electrons. The molecular weight excluding hydrogens is 278 g/mol. The van der Waals surface area contributed by atoms with Crippen LogP contribution < -0.4 is 0 Å². The second kappa shape index (κ2) is 5.06. The van der Waals surface area contributed by atoms with E-state index in [1.165, 1.54) is 37.0 Å². The number of hydrogen-bond donors (Lipinski definition) is 1. The van der Waals surface area contributed by atoms with Gasteiger partial charge < -0.3 is 9.63 Å². The molecular formula is C15H10F2N2O2. The molecule has 3 aromatic rings. The highest BCUT2D eigenvalue weighted by atomic mass is 19.2. The Labute approximate surface area is 118 Å². The number of benzene rings is 1. The van der Waals surface area contributed by atoms with E-state index in [1.54, 1.807) is 12.1 Å². The lowest BCUT2D eigenvalue weighted by Crippen LogP contribution is -2.30. The molecule has 0 spiro atoms. The van der Waals surface area contributed by atoms with Crippen molar-refractivity contribution in [3.05, 3.63) is 83.5 Å². The summed E-state index contributed by atoms with van der Waals surface area (Å²) in [5.74, 6) is -2.18. The van der Waals surface area contributed by atoms with Crippen molar-refractivity contribution in [1.29, 1.82) is 0 Å². The Morgan fingerprint density at radius 3 is 2.57 bits per heavy atom. The lowest BCUT2D eigenvalue weighted by molar-refractivity contribution is 0.119. The first kappa shape index (κ1) is 13.4. The first-order chi connectivity index (χ1) is 10.1. The number of pyridine rings is 1. The summed E-state index contributed by atoms with van der Waals surface area (Å²) in [6, 6.07) is 6.76. The second-order valence-electron chi connectivity index (χ2n) is 4.47. The molecule has 4 nitrogen and oxygen atoms in total. The smallest absolute Gasteiger partial charge is 0.165 e. The number of hydrogen-bond acceptors (Lipinski definition) is 4. The Morgan fingerprint density at radius 1 is 1.05 bits per heavy atom. The van der Waals surface area contributed by atoms with Gasteiger partial charge in [0.2, 0.25) is 0 Å². The zero-order valence-electron chi connectivity index (χ0n) is 10.7. The maximum Gasteiger partial charge on any atom is 0.165 e. The summed E-state index contributed by atoms with van der Waals surface area (Å²) in [6.07, 6.45) is 5.31. The monoisotopic (exact) mass is 288 g/mol. The molecule has 1 unspecified atom stereocenters. The molecule has 0 saturated heterocycles. The number of rotatable bonds is 3. The minimum absolute atomic E-state index is 0.181. The standard InChI is InChI=1S/C15H10F2N2O2/c16-13-5-1-4-12(14(13)17)15(20,11-8-19-21-9-11)10-3-2-6-18-7-10/h1-9,20H. The van der Waals surface area contributed by atoms with Gasteiger partial charge in [-0.1, -0.05) is 23.4 Å². The molecule has 0 amide bonds. The molecule has 6 heteroatoms. The van der Waals surface area contributed by atoms with Crippen LogP contribution in [0.15, 0.2) is 59.7 Å². The molecule has 2 heterocycles. The van der Waals surface area contributed by atoms with E-state index >= 15 is 0 Å². The van der Waals surface area contributed by atoms with E-state index in [0.29, 0.717) is 0 Å². The molecule has 0 aliphatic heterocycles. The van der Waals surface area contributed by atoms with Gasteiger partial charge in [0, 0.05) is 23.5 Å². The quantitative estimate of drug-likeness (QED) is 0.805. The van der Waals surface area contributed by atoms with E-state index in [2.05, 4.69) is 10.1 Å². The van der Waals surface area contributed by atoms with Crippen molar-refractivity contribution in [3.63, 3.8) is 0 Å². The third-order valence-electron chi connectivity index (χ3n) is 3.27. The second-order valence-corrected chi connectivity index (χ2v) is 4.47. The van der Waals surface area contributed by atoms with Gasteiger partial charge in [-0.3, -0.25) is 4.98 Å². The third-order valence-corrected chi connectivity index (χ3v) is 3.27. The summed E-state index contributed by atoms with van der Waals surface area (Å²) < 4.78 is 32.4. The van der Waals surface area contributed by atoms with Crippen molar-refractivity contribution in [1.82, 2.24) is 10.1 Å². The van der Waals surface area contributed by atoms with Crippen LogP contribution in [0.2, 0.25) is 0 Å². The predicted octanol–water partition coefficient (Wildman–Crippen LogP) is 2.63. The van der Waals surface area contributed by atoms with Crippen molar-refractivity contribution in [2.24, 2.45) is 0 Å². The van der Waals surface area contributed by atoms with Gasteiger partial charge in [-0.05, 0) is 12.1 Å². The molecule has 0 aliphatic carbocycles. The van der Waals surface area contributed by atoms with Crippen LogP contribution >= 0.6 is 0 Å². The van der Waals surface area contributed by atoms with Gasteiger partial charge in [0.25, 0.3) is 0 Å². The van der Waals surface area contributed by atoms with E-state index in [1.807, 2.05) is 0 Å². The van der Waals surface area contributed by atoms with Crippen LogP contribution in [-0.4, -0.2) is 15.2 Å². The lowest BCUT2D eigenvalue weighted by atomic mass is 9.82. The Morgan fingerprint density at radius 2 is 1.90 bits per heavy atom. The summed E-state index contributed by atoms with van der Waals surface area (Å²) in [7, 11) is 0. The SMILES string of the molecule is OC(c1cccnc1)(c1cnoc1)c1cccc(F)c1F. The minimum Gasteiger partial charge on any atom is -0.376 e. The molecule has 0 aliphatic rings. The van der Waals surface area contributed by atoms with Crippen LogP contribution in [-0.2, 0) is 5.60 Å². The lowest BCUT2D eigenvalue weighted by Gasteiger charge is -2.27. The van der Waals surface area contributed by atoms with Crippen molar-refractivity contribution in [3.8, 4) is 0 Å². The highest BCUT2D eigenvalue weighted by molar-refractivity contribution is 5.45. The van der Waals surface area contributed by atoms with Crippen LogP contribution in [0.1, 0.15) is 16.7 Å². The van der Waals surface area contributed by atoms with Crippen LogP contribution in [0, 0.1) is 11.6 Å². The zero-order valence-corrected chi connectivity index (χ0v) is 10.7. The van der Waals surface area contributed by atoms with Gasteiger partial charge in [-0.25, -0.2) is 8.78 Å². The van der Waals surface area contributed by atoms with E-state index < -0.39 is 17.2 Å². The molecule has 1 aromatic carbocycles. The Bertz CT molecular complexity index is 748. The van der Waals surface area contributed by atoms with Crippen molar-refractivity contribution >= 4 is 0 Å². The summed E-state index contributed by atoms with van der Waals surface area (Å²) in [5.41, 5.74) is -1.73. The first-order valence-corrected chi connectivity index (χ1v) is 6.11. The maximum atomic E-state index is 14.2. The fourth-order valence-electron chi connectivity index (χ4n) is 2.22. The fourth-order valence-corrected chi connectivity index (χ4v) is 2.22. The maximum absolute atomic E-state index is 14.2. The van der Waals surface area contributed by atoms with Gasteiger partial charge in [0.05, 0.1) is 11.8 Å². The molecule has 0 bridgehead atoms. The fraction of sp³-hybridized carbons (Fsp3) is 0.0667. The van der Waals surface area contributed by atoms with Gasteiger partial charge in [0.15, 0.2) is 11.6 Å². The van der Waals surface area contributed by atoms with Gasteiger partial charge in [0.1, 0.15) is 11.9 Å². The van der Waals surface area contributed by atoms with Crippen molar-refractivity contribution < 1.29 is 18.4 Å². The normalized spacial score (nSPS) is 13.9. The largest absolute Gasteiger partial charge is 0.376 e. The number of aliphatic hydroxyl groups is 1. The average Bonchev–Trinajstić information content (AvgIpc) is 3.05. The first-order valence-electron chi connectivity index (χ1n) is 6.11. The van der Waals surface area contributed by atoms with Crippen LogP contribution in [0.4, 0.5) is 8.78 Å². The van der Waals surface area contributed by atoms with Gasteiger partial charge in [-0.2, -0.15) is 0 Å². The number of nitrogens with zero attached hydrogens (tertiary/aromatic N) is 2. The minimum atomic E-state index is -1.94. The molecule has 0 saturated carbocycles. The Kier molecular flexibility index (Phi) is 3.23. The molecule has 1 atom stereocenters. The number of halogens is 2. The van der Waals surface area contributed by atoms with Crippen LogP contribution in [0.25, 0.3) is 0 Å². The molecule has 1 N–H and O–H groups in total. The van der Waals surface area contributed by atoms with E-state index in [-0.39, 0.29) is 16.7 Å².